The number of carbonyl (C=O) groups excluding carboxylic acids is 1. The van der Waals surface area contributed by atoms with Crippen molar-refractivity contribution in [3.63, 3.8) is 0 Å². The van der Waals surface area contributed by atoms with Gasteiger partial charge in [0, 0.05) is 19.2 Å². The molecule has 0 aromatic heterocycles. The monoisotopic (exact) mass is 330 g/mol. The lowest BCUT2D eigenvalue weighted by Crippen LogP contribution is -2.41. The average molecular weight is 330 g/mol. The summed E-state index contributed by atoms with van der Waals surface area (Å²) in [7, 11) is -0.511. The Kier molecular flexibility index (Phi) is 5.11. The zero-order valence-electron chi connectivity index (χ0n) is 15.4. The zero-order valence-corrected chi connectivity index (χ0v) is 15.4. The number of nitrogens with two attached hydrogens (primary N) is 1. The Morgan fingerprint density at radius 3 is 2.38 bits per heavy atom. The molecule has 24 heavy (non-hydrogen) atoms. The summed E-state index contributed by atoms with van der Waals surface area (Å²) in [6.07, 6.45) is 1.99. The quantitative estimate of drug-likeness (QED) is 0.658. The first-order chi connectivity index (χ1) is 11.0. The SMILES string of the molecule is CC(=O)NCC(=Cc1cccc(N)c1C)B1OC(C)(C)C(C)(C)O1. The minimum Gasteiger partial charge on any atom is -0.400 e. The number of benzene rings is 1. The predicted octanol–water partition coefficient (Wildman–Crippen LogP) is 2.73. The van der Waals surface area contributed by atoms with Gasteiger partial charge in [-0.15, -0.1) is 0 Å². The highest BCUT2D eigenvalue weighted by Gasteiger charge is 2.52. The fraction of sp³-hybridized carbons (Fsp3) is 0.500. The number of rotatable bonds is 4. The molecule has 1 amide bonds. The molecule has 0 atom stereocenters. The molecule has 0 saturated carbocycles. The Hall–Kier alpha value is -1.79. The molecule has 3 N–H and O–H groups in total. The van der Waals surface area contributed by atoms with E-state index >= 15 is 0 Å². The van der Waals surface area contributed by atoms with E-state index in [0.717, 1.165) is 22.3 Å². The molecule has 1 saturated heterocycles. The molecular weight excluding hydrogens is 303 g/mol. The summed E-state index contributed by atoms with van der Waals surface area (Å²) in [5.41, 5.74) is 8.71. The van der Waals surface area contributed by atoms with Gasteiger partial charge in [0.1, 0.15) is 0 Å². The molecule has 0 radical (unpaired) electrons. The maximum atomic E-state index is 11.4. The maximum Gasteiger partial charge on any atom is 0.492 e. The number of nitrogens with one attached hydrogen (secondary N) is 1. The van der Waals surface area contributed by atoms with Crippen LogP contribution >= 0.6 is 0 Å². The fourth-order valence-electron chi connectivity index (χ4n) is 2.45. The summed E-state index contributed by atoms with van der Waals surface area (Å²) < 4.78 is 12.3. The van der Waals surface area contributed by atoms with Crippen LogP contribution in [0.15, 0.2) is 23.7 Å². The van der Waals surface area contributed by atoms with Gasteiger partial charge in [0.15, 0.2) is 0 Å². The second-order valence-corrected chi connectivity index (χ2v) is 7.28. The van der Waals surface area contributed by atoms with Gasteiger partial charge in [-0.1, -0.05) is 18.2 Å². The van der Waals surface area contributed by atoms with Crippen LogP contribution in [0.5, 0.6) is 0 Å². The maximum absolute atomic E-state index is 11.4. The molecule has 1 aliphatic heterocycles. The Balaban J connectivity index is 2.37. The molecule has 1 aliphatic rings. The van der Waals surface area contributed by atoms with Crippen LogP contribution in [-0.4, -0.2) is 30.8 Å². The third-order valence-electron chi connectivity index (χ3n) is 4.86. The Morgan fingerprint density at radius 1 is 1.25 bits per heavy atom. The fourth-order valence-corrected chi connectivity index (χ4v) is 2.45. The first kappa shape index (κ1) is 18.6. The van der Waals surface area contributed by atoms with Gasteiger partial charge in [0.25, 0.3) is 0 Å². The third-order valence-corrected chi connectivity index (χ3v) is 4.86. The van der Waals surface area contributed by atoms with Crippen LogP contribution in [0, 0.1) is 6.92 Å². The summed E-state index contributed by atoms with van der Waals surface area (Å²) in [6.45, 7) is 11.9. The van der Waals surface area contributed by atoms with E-state index in [-0.39, 0.29) is 5.91 Å². The topological polar surface area (TPSA) is 73.6 Å². The van der Waals surface area contributed by atoms with E-state index < -0.39 is 18.3 Å². The Morgan fingerprint density at radius 2 is 1.83 bits per heavy atom. The minimum atomic E-state index is -0.511. The van der Waals surface area contributed by atoms with Crippen molar-refractivity contribution in [2.75, 3.05) is 12.3 Å². The lowest BCUT2D eigenvalue weighted by Gasteiger charge is -2.32. The first-order valence-corrected chi connectivity index (χ1v) is 8.19. The van der Waals surface area contributed by atoms with Crippen molar-refractivity contribution in [3.8, 4) is 0 Å². The summed E-state index contributed by atoms with van der Waals surface area (Å²) in [4.78, 5) is 11.4. The molecule has 0 spiro atoms. The van der Waals surface area contributed by atoms with Crippen molar-refractivity contribution in [1.29, 1.82) is 0 Å². The molecule has 0 bridgehead atoms. The zero-order chi connectivity index (χ0) is 18.1. The van der Waals surface area contributed by atoms with Crippen molar-refractivity contribution in [1.82, 2.24) is 5.32 Å². The van der Waals surface area contributed by atoms with Crippen molar-refractivity contribution >= 4 is 24.8 Å². The highest BCUT2D eigenvalue weighted by molar-refractivity contribution is 6.56. The van der Waals surface area contributed by atoms with Crippen LogP contribution in [0.25, 0.3) is 6.08 Å². The lowest BCUT2D eigenvalue weighted by molar-refractivity contribution is -0.118. The van der Waals surface area contributed by atoms with E-state index in [1.165, 1.54) is 6.92 Å². The van der Waals surface area contributed by atoms with Gasteiger partial charge in [-0.25, -0.2) is 0 Å². The van der Waals surface area contributed by atoms with Gasteiger partial charge in [0.05, 0.1) is 11.2 Å². The van der Waals surface area contributed by atoms with Crippen molar-refractivity contribution < 1.29 is 14.1 Å². The normalized spacial score (nSPS) is 19.4. The molecule has 130 valence electrons. The van der Waals surface area contributed by atoms with Gasteiger partial charge < -0.3 is 20.4 Å². The molecule has 1 heterocycles. The standard InChI is InChI=1S/C18H27BN2O3/c1-12-14(8-7-9-16(12)20)10-15(11-21-13(2)22)19-23-17(3,4)18(5,6)24-19/h7-10H,11,20H2,1-6H3,(H,21,22). The van der Waals surface area contributed by atoms with E-state index in [9.17, 15) is 4.79 Å². The summed E-state index contributed by atoms with van der Waals surface area (Å²) in [6, 6.07) is 5.77. The second kappa shape index (κ2) is 6.61. The van der Waals surface area contributed by atoms with E-state index in [1.54, 1.807) is 0 Å². The lowest BCUT2D eigenvalue weighted by atomic mass is 9.76. The molecule has 0 unspecified atom stereocenters. The Labute approximate surface area is 144 Å². The largest absolute Gasteiger partial charge is 0.492 e. The summed E-state index contributed by atoms with van der Waals surface area (Å²) >= 11 is 0. The second-order valence-electron chi connectivity index (χ2n) is 7.28. The molecule has 1 aromatic rings. The number of hydrogen-bond donors (Lipinski definition) is 2. The minimum absolute atomic E-state index is 0.0956. The molecule has 2 rings (SSSR count). The van der Waals surface area contributed by atoms with E-state index in [2.05, 4.69) is 5.32 Å². The Bertz CT molecular complexity index is 652. The van der Waals surface area contributed by atoms with Gasteiger partial charge in [-0.05, 0) is 57.3 Å². The molecule has 1 aromatic carbocycles. The van der Waals surface area contributed by atoms with Gasteiger partial charge >= 0.3 is 7.12 Å². The summed E-state index contributed by atoms with van der Waals surface area (Å²) in [5.74, 6) is -0.0956. The van der Waals surface area contributed by atoms with Crippen LogP contribution in [0.3, 0.4) is 0 Å². The number of hydrogen-bond acceptors (Lipinski definition) is 4. The smallest absolute Gasteiger partial charge is 0.400 e. The van der Waals surface area contributed by atoms with Crippen molar-refractivity contribution in [2.24, 2.45) is 0 Å². The molecule has 1 fully saturated rings. The van der Waals surface area contributed by atoms with Crippen molar-refractivity contribution in [3.05, 3.63) is 34.8 Å². The average Bonchev–Trinajstić information content (AvgIpc) is 2.67. The van der Waals surface area contributed by atoms with E-state index in [4.69, 9.17) is 15.0 Å². The predicted molar refractivity (Wildman–Crippen MR) is 98.3 cm³/mol. The van der Waals surface area contributed by atoms with E-state index in [1.807, 2.05) is 58.9 Å². The number of nitrogen functional groups attached to an aromatic ring is 1. The van der Waals surface area contributed by atoms with Crippen LogP contribution in [0.1, 0.15) is 45.7 Å². The number of amides is 1. The highest BCUT2D eigenvalue weighted by atomic mass is 16.7. The number of carbonyl (C=O) groups is 1. The molecule has 6 heteroatoms. The highest BCUT2D eigenvalue weighted by Crippen LogP contribution is 2.38. The molecular formula is C18H27BN2O3. The van der Waals surface area contributed by atoms with Crippen LogP contribution < -0.4 is 11.1 Å². The van der Waals surface area contributed by atoms with Gasteiger partial charge in [-0.3, -0.25) is 4.79 Å². The van der Waals surface area contributed by atoms with Gasteiger partial charge in [0.2, 0.25) is 5.91 Å². The first-order valence-electron chi connectivity index (χ1n) is 8.19. The molecule has 5 nitrogen and oxygen atoms in total. The third kappa shape index (κ3) is 3.82. The van der Waals surface area contributed by atoms with Gasteiger partial charge in [-0.2, -0.15) is 0 Å². The van der Waals surface area contributed by atoms with Crippen molar-refractivity contribution in [2.45, 2.75) is 52.7 Å². The van der Waals surface area contributed by atoms with Crippen LogP contribution in [0.4, 0.5) is 5.69 Å². The van der Waals surface area contributed by atoms with E-state index in [0.29, 0.717) is 6.54 Å². The van der Waals surface area contributed by atoms with Crippen LogP contribution in [0.2, 0.25) is 0 Å². The van der Waals surface area contributed by atoms with Crippen LogP contribution in [-0.2, 0) is 14.1 Å². The summed E-state index contributed by atoms with van der Waals surface area (Å²) in [5, 5.41) is 2.83. The molecule has 0 aliphatic carbocycles. The number of anilines is 1.